The Morgan fingerprint density at radius 3 is 2.61 bits per heavy atom. The SMILES string of the molecule is CSCCCN(C(C)=O)C1CCN([C@H](C)CCNC(=O)c2c(C)cc(Cl)nc2C)CC1. The number of aromatic nitrogens is 1. The Bertz CT molecular complexity index is 730. The summed E-state index contributed by atoms with van der Waals surface area (Å²) in [5.41, 5.74) is 2.12. The first-order chi connectivity index (χ1) is 14.7. The van der Waals surface area contributed by atoms with Crippen molar-refractivity contribution in [1.29, 1.82) is 0 Å². The fourth-order valence-corrected chi connectivity index (χ4v) is 5.12. The van der Waals surface area contributed by atoms with E-state index < -0.39 is 0 Å². The summed E-state index contributed by atoms with van der Waals surface area (Å²) in [7, 11) is 0. The first-order valence-electron chi connectivity index (χ1n) is 11.2. The van der Waals surface area contributed by atoms with Crippen LogP contribution in [0.5, 0.6) is 0 Å². The lowest BCUT2D eigenvalue weighted by Gasteiger charge is -2.40. The highest BCUT2D eigenvalue weighted by atomic mass is 35.5. The third-order valence-electron chi connectivity index (χ3n) is 6.16. The summed E-state index contributed by atoms with van der Waals surface area (Å²) in [6.07, 6.45) is 6.09. The molecule has 1 atom stereocenters. The highest BCUT2D eigenvalue weighted by Crippen LogP contribution is 2.21. The van der Waals surface area contributed by atoms with Gasteiger partial charge in [0.2, 0.25) is 5.91 Å². The van der Waals surface area contributed by atoms with Crippen LogP contribution in [-0.4, -0.2) is 76.9 Å². The Labute approximate surface area is 196 Å². The van der Waals surface area contributed by atoms with E-state index in [9.17, 15) is 9.59 Å². The van der Waals surface area contributed by atoms with Gasteiger partial charge < -0.3 is 15.1 Å². The molecule has 0 saturated carbocycles. The van der Waals surface area contributed by atoms with E-state index in [0.717, 1.165) is 56.6 Å². The van der Waals surface area contributed by atoms with Crippen molar-refractivity contribution in [3.05, 3.63) is 28.0 Å². The molecule has 2 rings (SSSR count). The maximum absolute atomic E-state index is 12.6. The Kier molecular flexibility index (Phi) is 10.6. The number of rotatable bonds is 10. The van der Waals surface area contributed by atoms with E-state index in [1.807, 2.05) is 25.6 Å². The van der Waals surface area contributed by atoms with E-state index in [4.69, 9.17) is 11.6 Å². The fourth-order valence-electron chi connectivity index (χ4n) is 4.41. The van der Waals surface area contributed by atoms with E-state index in [0.29, 0.717) is 35.0 Å². The number of amides is 2. The number of hydrogen-bond donors (Lipinski definition) is 1. The predicted molar refractivity (Wildman–Crippen MR) is 130 cm³/mol. The molecule has 1 aromatic rings. The minimum absolute atomic E-state index is 0.0904. The van der Waals surface area contributed by atoms with Gasteiger partial charge in [0.1, 0.15) is 5.15 Å². The normalized spacial score (nSPS) is 16.2. The first kappa shape index (κ1) is 25.9. The average molecular weight is 469 g/mol. The van der Waals surface area contributed by atoms with Crippen molar-refractivity contribution in [2.45, 2.75) is 65.5 Å². The lowest BCUT2D eigenvalue weighted by molar-refractivity contribution is -0.132. The molecule has 0 radical (unpaired) electrons. The molecule has 1 N–H and O–H groups in total. The van der Waals surface area contributed by atoms with Crippen molar-refractivity contribution in [3.63, 3.8) is 0 Å². The van der Waals surface area contributed by atoms with Gasteiger partial charge in [0.15, 0.2) is 0 Å². The molecular weight excluding hydrogens is 432 g/mol. The minimum Gasteiger partial charge on any atom is -0.352 e. The van der Waals surface area contributed by atoms with Gasteiger partial charge in [-0.3, -0.25) is 9.59 Å². The number of likely N-dealkylation sites (tertiary alicyclic amines) is 1. The Morgan fingerprint density at radius 1 is 1.35 bits per heavy atom. The highest BCUT2D eigenvalue weighted by Gasteiger charge is 2.27. The van der Waals surface area contributed by atoms with Gasteiger partial charge in [0.05, 0.1) is 11.3 Å². The molecule has 1 aliphatic heterocycles. The molecule has 1 aromatic heterocycles. The topological polar surface area (TPSA) is 65.5 Å². The number of aryl methyl sites for hydroxylation is 2. The summed E-state index contributed by atoms with van der Waals surface area (Å²) < 4.78 is 0. The first-order valence-corrected chi connectivity index (χ1v) is 12.9. The van der Waals surface area contributed by atoms with Gasteiger partial charge in [0.25, 0.3) is 5.91 Å². The van der Waals surface area contributed by atoms with Crippen molar-refractivity contribution in [3.8, 4) is 0 Å². The van der Waals surface area contributed by atoms with Gasteiger partial charge in [-0.15, -0.1) is 0 Å². The van der Waals surface area contributed by atoms with Crippen LogP contribution in [0.2, 0.25) is 5.15 Å². The smallest absolute Gasteiger partial charge is 0.253 e. The van der Waals surface area contributed by atoms with Crippen molar-refractivity contribution in [1.82, 2.24) is 20.1 Å². The number of thioether (sulfide) groups is 1. The van der Waals surface area contributed by atoms with Gasteiger partial charge in [-0.1, -0.05) is 11.6 Å². The zero-order chi connectivity index (χ0) is 23.0. The monoisotopic (exact) mass is 468 g/mol. The fraction of sp³-hybridized carbons (Fsp3) is 0.696. The zero-order valence-corrected chi connectivity index (χ0v) is 21.1. The number of hydrogen-bond acceptors (Lipinski definition) is 5. The average Bonchev–Trinajstić information content (AvgIpc) is 2.70. The Balaban J connectivity index is 1.78. The van der Waals surface area contributed by atoms with Crippen LogP contribution in [0.1, 0.15) is 61.1 Å². The van der Waals surface area contributed by atoms with Gasteiger partial charge in [0, 0.05) is 45.2 Å². The summed E-state index contributed by atoms with van der Waals surface area (Å²) in [6.45, 7) is 11.1. The van der Waals surface area contributed by atoms with E-state index in [1.165, 1.54) is 0 Å². The van der Waals surface area contributed by atoms with Crippen LogP contribution in [0.4, 0.5) is 0 Å². The lowest BCUT2D eigenvalue weighted by Crippen LogP contribution is -2.49. The van der Waals surface area contributed by atoms with Crippen LogP contribution >= 0.6 is 23.4 Å². The zero-order valence-electron chi connectivity index (χ0n) is 19.5. The number of carbonyl (C=O) groups is 2. The molecule has 0 aromatic carbocycles. The molecule has 0 unspecified atom stereocenters. The Hall–Kier alpha value is -1.31. The van der Waals surface area contributed by atoms with Gasteiger partial charge in [-0.2, -0.15) is 11.8 Å². The lowest BCUT2D eigenvalue weighted by atomic mass is 10.0. The summed E-state index contributed by atoms with van der Waals surface area (Å²) >= 11 is 7.80. The third kappa shape index (κ3) is 7.65. The van der Waals surface area contributed by atoms with Crippen molar-refractivity contribution < 1.29 is 9.59 Å². The number of piperidine rings is 1. The van der Waals surface area contributed by atoms with Crippen LogP contribution in [0.15, 0.2) is 6.07 Å². The van der Waals surface area contributed by atoms with Gasteiger partial charge in [-0.25, -0.2) is 4.98 Å². The minimum atomic E-state index is -0.0904. The van der Waals surface area contributed by atoms with Crippen LogP contribution in [0, 0.1) is 13.8 Å². The highest BCUT2D eigenvalue weighted by molar-refractivity contribution is 7.98. The molecule has 2 heterocycles. The molecule has 0 aliphatic carbocycles. The van der Waals surface area contributed by atoms with Gasteiger partial charge in [-0.05, 0) is 70.1 Å². The maximum Gasteiger partial charge on any atom is 0.253 e. The second-order valence-electron chi connectivity index (χ2n) is 8.44. The van der Waals surface area contributed by atoms with Crippen LogP contribution in [-0.2, 0) is 4.79 Å². The van der Waals surface area contributed by atoms with Gasteiger partial charge >= 0.3 is 0 Å². The number of nitrogens with one attached hydrogen (secondary N) is 1. The van der Waals surface area contributed by atoms with E-state index in [-0.39, 0.29) is 11.8 Å². The predicted octanol–water partition coefficient (Wildman–Crippen LogP) is 3.93. The third-order valence-corrected chi connectivity index (χ3v) is 7.05. The summed E-state index contributed by atoms with van der Waals surface area (Å²) in [4.78, 5) is 33.4. The second-order valence-corrected chi connectivity index (χ2v) is 9.81. The maximum atomic E-state index is 12.6. The van der Waals surface area contributed by atoms with Crippen molar-refractivity contribution in [2.75, 3.05) is 38.2 Å². The molecule has 2 amide bonds. The molecule has 1 saturated heterocycles. The standard InChI is InChI=1S/C23H37ClN4O2S/c1-16-15-21(24)26-18(3)22(16)23(30)25-10-7-17(2)27-12-8-20(9-13-27)28(19(4)29)11-6-14-31-5/h15,17,20H,6-14H2,1-5H3,(H,25,30)/t17-/m1/s1. The summed E-state index contributed by atoms with van der Waals surface area (Å²) in [5.74, 6) is 1.20. The molecule has 6 nitrogen and oxygen atoms in total. The number of nitrogens with zero attached hydrogens (tertiary/aromatic N) is 3. The number of carbonyl (C=O) groups excluding carboxylic acids is 2. The largest absolute Gasteiger partial charge is 0.352 e. The molecule has 0 bridgehead atoms. The molecular formula is C23H37ClN4O2S. The van der Waals surface area contributed by atoms with E-state index >= 15 is 0 Å². The molecule has 174 valence electrons. The van der Waals surface area contributed by atoms with Crippen molar-refractivity contribution >= 4 is 35.2 Å². The quantitative estimate of drug-likeness (QED) is 0.416. The molecule has 1 fully saturated rings. The van der Waals surface area contributed by atoms with Crippen LogP contribution in [0.25, 0.3) is 0 Å². The van der Waals surface area contributed by atoms with Crippen LogP contribution < -0.4 is 5.32 Å². The summed E-state index contributed by atoms with van der Waals surface area (Å²) in [5, 5.41) is 3.45. The number of pyridine rings is 1. The second kappa shape index (κ2) is 12.7. The molecule has 0 spiro atoms. The van der Waals surface area contributed by atoms with E-state index in [2.05, 4.69) is 33.3 Å². The summed E-state index contributed by atoms with van der Waals surface area (Å²) in [6, 6.07) is 2.46. The molecule has 31 heavy (non-hydrogen) atoms. The number of halogens is 1. The Morgan fingerprint density at radius 2 is 2.03 bits per heavy atom. The van der Waals surface area contributed by atoms with Crippen molar-refractivity contribution in [2.24, 2.45) is 0 Å². The van der Waals surface area contributed by atoms with E-state index in [1.54, 1.807) is 13.0 Å². The van der Waals surface area contributed by atoms with Crippen LogP contribution in [0.3, 0.4) is 0 Å². The molecule has 1 aliphatic rings. The molecule has 8 heteroatoms.